The van der Waals surface area contributed by atoms with Gasteiger partial charge < -0.3 is 26.8 Å². The number of hydrogen-bond acceptors (Lipinski definition) is 6. The van der Waals surface area contributed by atoms with Crippen molar-refractivity contribution in [2.75, 3.05) is 12.0 Å². The second-order valence-electron chi connectivity index (χ2n) is 8.47. The molecule has 6 N–H and O–H groups in total. The summed E-state index contributed by atoms with van der Waals surface area (Å²) in [6, 6.07) is 14.2. The minimum Gasteiger partial charge on any atom is -0.480 e. The van der Waals surface area contributed by atoms with E-state index in [0.717, 1.165) is 11.1 Å². The van der Waals surface area contributed by atoms with Crippen molar-refractivity contribution in [3.63, 3.8) is 0 Å². The lowest BCUT2D eigenvalue weighted by Gasteiger charge is -2.25. The van der Waals surface area contributed by atoms with Crippen LogP contribution in [0.25, 0.3) is 0 Å². The lowest BCUT2D eigenvalue weighted by atomic mass is 10.0. The fraction of sp³-hybridized carbons (Fsp3) is 0.385. The van der Waals surface area contributed by atoms with Crippen molar-refractivity contribution in [3.8, 4) is 0 Å². The van der Waals surface area contributed by atoms with E-state index >= 15 is 0 Å². The van der Waals surface area contributed by atoms with E-state index in [2.05, 4.69) is 16.0 Å². The van der Waals surface area contributed by atoms with E-state index in [0.29, 0.717) is 5.75 Å². The third-order valence-corrected chi connectivity index (χ3v) is 6.11. The van der Waals surface area contributed by atoms with Crippen molar-refractivity contribution in [2.45, 2.75) is 50.4 Å². The van der Waals surface area contributed by atoms with Crippen LogP contribution in [0.2, 0.25) is 0 Å². The number of amides is 3. The average molecular weight is 515 g/mol. The SMILES string of the molecule is CSCCC(NC(=O)C(Cc1ccccc1)NC(=O)C(C)N)C(=O)NC(Cc1ccccc1)C(=O)O. The molecule has 0 aromatic heterocycles. The van der Waals surface area contributed by atoms with E-state index in [-0.39, 0.29) is 19.3 Å². The molecule has 0 bridgehead atoms. The Hall–Kier alpha value is -3.37. The van der Waals surface area contributed by atoms with E-state index in [1.165, 1.54) is 18.7 Å². The number of carboxylic acids is 1. The molecule has 4 atom stereocenters. The number of nitrogens with two attached hydrogens (primary N) is 1. The first kappa shape index (κ1) is 28.9. The monoisotopic (exact) mass is 514 g/mol. The van der Waals surface area contributed by atoms with Crippen LogP contribution in [-0.2, 0) is 32.0 Å². The van der Waals surface area contributed by atoms with Gasteiger partial charge in [-0.05, 0) is 36.5 Å². The van der Waals surface area contributed by atoms with Crippen LogP contribution in [0.5, 0.6) is 0 Å². The first-order chi connectivity index (χ1) is 17.2. The Labute approximate surface area is 215 Å². The second kappa shape index (κ2) is 14.9. The Morgan fingerprint density at radius 3 is 1.69 bits per heavy atom. The molecule has 0 radical (unpaired) electrons. The Bertz CT molecular complexity index is 1000. The summed E-state index contributed by atoms with van der Waals surface area (Å²) in [7, 11) is 0. The number of benzene rings is 2. The van der Waals surface area contributed by atoms with E-state index in [4.69, 9.17) is 5.73 Å². The number of nitrogens with one attached hydrogen (secondary N) is 3. The molecule has 194 valence electrons. The number of carboxylic acid groups (broad SMARTS) is 1. The number of thioether (sulfide) groups is 1. The molecule has 3 amide bonds. The molecule has 0 aliphatic heterocycles. The van der Waals surface area contributed by atoms with Gasteiger partial charge in [0.05, 0.1) is 6.04 Å². The molecule has 2 rings (SSSR count). The molecule has 0 fully saturated rings. The normalized spacial score (nSPS) is 14.1. The highest BCUT2D eigenvalue weighted by atomic mass is 32.2. The number of aliphatic carboxylic acids is 1. The van der Waals surface area contributed by atoms with Gasteiger partial charge in [-0.2, -0.15) is 11.8 Å². The van der Waals surface area contributed by atoms with Crippen LogP contribution in [-0.4, -0.2) is 65.0 Å². The van der Waals surface area contributed by atoms with Gasteiger partial charge in [-0.25, -0.2) is 4.79 Å². The summed E-state index contributed by atoms with van der Waals surface area (Å²) in [5, 5.41) is 17.6. The molecule has 0 spiro atoms. The quantitative estimate of drug-likeness (QED) is 0.253. The fourth-order valence-electron chi connectivity index (χ4n) is 3.46. The van der Waals surface area contributed by atoms with Gasteiger partial charge in [0.25, 0.3) is 0 Å². The van der Waals surface area contributed by atoms with Gasteiger partial charge in [-0.15, -0.1) is 0 Å². The van der Waals surface area contributed by atoms with E-state index in [1.54, 1.807) is 24.3 Å². The summed E-state index contributed by atoms with van der Waals surface area (Å²) in [4.78, 5) is 50.4. The first-order valence-corrected chi connectivity index (χ1v) is 13.1. The maximum atomic E-state index is 13.2. The predicted octanol–water partition coefficient (Wildman–Crippen LogP) is 1.11. The molecule has 2 aromatic rings. The number of rotatable bonds is 14. The van der Waals surface area contributed by atoms with Gasteiger partial charge in [0.15, 0.2) is 0 Å². The molecule has 9 nitrogen and oxygen atoms in total. The van der Waals surface area contributed by atoms with Gasteiger partial charge in [-0.1, -0.05) is 60.7 Å². The van der Waals surface area contributed by atoms with Gasteiger partial charge in [-0.3, -0.25) is 14.4 Å². The molecule has 0 heterocycles. The zero-order valence-corrected chi connectivity index (χ0v) is 21.3. The number of carbonyl (C=O) groups excluding carboxylic acids is 3. The summed E-state index contributed by atoms with van der Waals surface area (Å²) in [6.07, 6.45) is 2.46. The van der Waals surface area contributed by atoms with E-state index in [1.807, 2.05) is 42.7 Å². The molecule has 0 aliphatic carbocycles. The van der Waals surface area contributed by atoms with Gasteiger partial charge in [0.2, 0.25) is 17.7 Å². The van der Waals surface area contributed by atoms with Crippen molar-refractivity contribution in [1.82, 2.24) is 16.0 Å². The van der Waals surface area contributed by atoms with E-state index < -0.39 is 47.9 Å². The maximum absolute atomic E-state index is 13.2. The number of carbonyl (C=O) groups is 4. The zero-order chi connectivity index (χ0) is 26.5. The third-order valence-electron chi connectivity index (χ3n) is 5.47. The lowest BCUT2D eigenvalue weighted by Crippen LogP contribution is -2.57. The topological polar surface area (TPSA) is 151 Å². The van der Waals surface area contributed by atoms with Crippen molar-refractivity contribution in [2.24, 2.45) is 5.73 Å². The smallest absolute Gasteiger partial charge is 0.326 e. The molecule has 2 aromatic carbocycles. The standard InChI is InChI=1S/C26H34N4O5S/c1-17(27)23(31)29-21(15-18-9-5-3-6-10-18)25(33)28-20(13-14-36-2)24(32)30-22(26(34)35)16-19-11-7-4-8-12-19/h3-12,17,20-22H,13-16,27H2,1-2H3,(H,28,33)(H,29,31)(H,30,32)(H,34,35). The van der Waals surface area contributed by atoms with Crippen LogP contribution >= 0.6 is 11.8 Å². The van der Waals surface area contributed by atoms with Crippen LogP contribution < -0.4 is 21.7 Å². The summed E-state index contributed by atoms with van der Waals surface area (Å²) in [5.74, 6) is -2.26. The highest BCUT2D eigenvalue weighted by molar-refractivity contribution is 7.98. The van der Waals surface area contributed by atoms with Crippen molar-refractivity contribution >= 4 is 35.5 Å². The molecule has 0 aliphatic rings. The van der Waals surface area contributed by atoms with Crippen LogP contribution in [0.1, 0.15) is 24.5 Å². The Morgan fingerprint density at radius 2 is 1.22 bits per heavy atom. The molecule has 0 saturated carbocycles. The van der Waals surface area contributed by atoms with Crippen LogP contribution in [0.3, 0.4) is 0 Å². The highest BCUT2D eigenvalue weighted by Gasteiger charge is 2.30. The Kier molecular flexibility index (Phi) is 11.9. The predicted molar refractivity (Wildman–Crippen MR) is 140 cm³/mol. The van der Waals surface area contributed by atoms with Gasteiger partial charge >= 0.3 is 5.97 Å². The second-order valence-corrected chi connectivity index (χ2v) is 9.46. The van der Waals surface area contributed by atoms with Crippen molar-refractivity contribution < 1.29 is 24.3 Å². The fourth-order valence-corrected chi connectivity index (χ4v) is 3.93. The molecule has 36 heavy (non-hydrogen) atoms. The largest absolute Gasteiger partial charge is 0.480 e. The maximum Gasteiger partial charge on any atom is 0.326 e. The molecule has 10 heteroatoms. The molecule has 4 unspecified atom stereocenters. The Balaban J connectivity index is 2.17. The Morgan fingerprint density at radius 1 is 0.778 bits per heavy atom. The summed E-state index contributed by atoms with van der Waals surface area (Å²) in [6.45, 7) is 1.51. The molecule has 0 saturated heterocycles. The van der Waals surface area contributed by atoms with Gasteiger partial charge in [0, 0.05) is 12.8 Å². The lowest BCUT2D eigenvalue weighted by molar-refractivity contribution is -0.142. The molecular formula is C26H34N4O5S. The minimum atomic E-state index is -1.17. The number of hydrogen-bond donors (Lipinski definition) is 5. The summed E-state index contributed by atoms with van der Waals surface area (Å²) < 4.78 is 0. The minimum absolute atomic E-state index is 0.103. The van der Waals surface area contributed by atoms with E-state index in [9.17, 15) is 24.3 Å². The van der Waals surface area contributed by atoms with Crippen molar-refractivity contribution in [1.29, 1.82) is 0 Å². The summed E-state index contributed by atoms with van der Waals surface area (Å²) >= 11 is 1.49. The third kappa shape index (κ3) is 9.71. The summed E-state index contributed by atoms with van der Waals surface area (Å²) in [5.41, 5.74) is 7.25. The van der Waals surface area contributed by atoms with Crippen LogP contribution in [0.15, 0.2) is 60.7 Å². The van der Waals surface area contributed by atoms with Crippen LogP contribution in [0, 0.1) is 0 Å². The van der Waals surface area contributed by atoms with Crippen molar-refractivity contribution in [3.05, 3.63) is 71.8 Å². The zero-order valence-electron chi connectivity index (χ0n) is 20.5. The van der Waals surface area contributed by atoms with Gasteiger partial charge in [0.1, 0.15) is 18.1 Å². The molecular weight excluding hydrogens is 480 g/mol. The van der Waals surface area contributed by atoms with Crippen LogP contribution in [0.4, 0.5) is 0 Å². The first-order valence-electron chi connectivity index (χ1n) is 11.7. The highest BCUT2D eigenvalue weighted by Crippen LogP contribution is 2.08. The average Bonchev–Trinajstić information content (AvgIpc) is 2.86.